The van der Waals surface area contributed by atoms with Crippen LogP contribution < -0.4 is 0 Å². The highest BCUT2D eigenvalue weighted by Gasteiger charge is 2.30. The minimum atomic E-state index is -0.283. The molecule has 1 aliphatic heterocycles. The molecule has 2 N–H and O–H groups in total. The molecule has 4 rings (SSSR count). The molecule has 0 saturated heterocycles. The Balaban J connectivity index is 1.88. The zero-order valence-electron chi connectivity index (χ0n) is 12.2. The highest BCUT2D eigenvalue weighted by Crippen LogP contribution is 2.37. The quantitative estimate of drug-likeness (QED) is 0.662. The highest BCUT2D eigenvalue weighted by atomic mass is 79.9. The molecule has 0 fully saturated rings. The summed E-state index contributed by atoms with van der Waals surface area (Å²) in [6.07, 6.45) is 0. The molecule has 0 spiro atoms. The number of hydrogen-bond donors (Lipinski definition) is 2. The monoisotopic (exact) mass is 383 g/mol. The number of nitrogens with one attached hydrogen (secondary N) is 1. The van der Waals surface area contributed by atoms with Crippen molar-refractivity contribution in [3.63, 3.8) is 0 Å². The molecule has 0 radical (unpaired) electrons. The van der Waals surface area contributed by atoms with Crippen LogP contribution in [0, 0.1) is 4.91 Å². The topological polar surface area (TPSA) is 94.9 Å². The SMILES string of the molecule is O=NCc1ccc2c(c1)C(=O)C(c1c(O)[nH]c3c(Br)cccc13)=N2. The summed E-state index contributed by atoms with van der Waals surface area (Å²) in [5, 5.41) is 13.8. The molecule has 118 valence electrons. The van der Waals surface area contributed by atoms with Crippen molar-refractivity contribution in [2.45, 2.75) is 6.54 Å². The fraction of sp³-hybridized carbons (Fsp3) is 0.0588. The van der Waals surface area contributed by atoms with Gasteiger partial charge in [-0.1, -0.05) is 23.4 Å². The van der Waals surface area contributed by atoms with Gasteiger partial charge in [-0.25, -0.2) is 4.99 Å². The second-order valence-electron chi connectivity index (χ2n) is 5.44. The third kappa shape index (κ3) is 2.09. The van der Waals surface area contributed by atoms with Crippen LogP contribution in [0.25, 0.3) is 10.9 Å². The van der Waals surface area contributed by atoms with Gasteiger partial charge in [-0.15, -0.1) is 0 Å². The maximum absolute atomic E-state index is 12.8. The molecular formula is C17H10BrN3O3. The number of benzene rings is 2. The van der Waals surface area contributed by atoms with Crippen LogP contribution in [0.2, 0.25) is 0 Å². The van der Waals surface area contributed by atoms with Crippen LogP contribution in [-0.4, -0.2) is 21.6 Å². The zero-order chi connectivity index (χ0) is 16.8. The Bertz CT molecular complexity index is 1050. The second-order valence-corrected chi connectivity index (χ2v) is 6.29. The number of carbonyl (C=O) groups is 1. The van der Waals surface area contributed by atoms with E-state index in [4.69, 9.17) is 0 Å². The number of aromatic hydroxyl groups is 1. The molecule has 0 aliphatic carbocycles. The summed E-state index contributed by atoms with van der Waals surface area (Å²) in [5.74, 6) is -0.388. The smallest absolute Gasteiger partial charge is 0.214 e. The van der Waals surface area contributed by atoms with Crippen LogP contribution >= 0.6 is 15.9 Å². The number of aromatic amines is 1. The van der Waals surface area contributed by atoms with E-state index < -0.39 is 0 Å². The number of H-pyrrole nitrogens is 1. The minimum absolute atomic E-state index is 0.00117. The van der Waals surface area contributed by atoms with Gasteiger partial charge in [-0.05, 0) is 39.7 Å². The third-order valence-electron chi connectivity index (χ3n) is 4.00. The lowest BCUT2D eigenvalue weighted by Crippen LogP contribution is -2.11. The van der Waals surface area contributed by atoms with E-state index in [1.165, 1.54) is 0 Å². The first-order chi connectivity index (χ1) is 11.6. The lowest BCUT2D eigenvalue weighted by molar-refractivity contribution is 0.107. The summed E-state index contributed by atoms with van der Waals surface area (Å²) in [4.78, 5) is 30.4. The Kier molecular flexibility index (Phi) is 3.31. The predicted molar refractivity (Wildman–Crippen MR) is 94.1 cm³/mol. The van der Waals surface area contributed by atoms with Gasteiger partial charge >= 0.3 is 0 Å². The molecule has 0 unspecified atom stereocenters. The fourth-order valence-corrected chi connectivity index (χ4v) is 3.38. The minimum Gasteiger partial charge on any atom is -0.494 e. The van der Waals surface area contributed by atoms with Gasteiger partial charge in [-0.2, -0.15) is 4.91 Å². The van der Waals surface area contributed by atoms with Gasteiger partial charge in [0.15, 0.2) is 5.88 Å². The maximum atomic E-state index is 12.8. The van der Waals surface area contributed by atoms with Crippen molar-refractivity contribution in [1.29, 1.82) is 0 Å². The normalized spacial score (nSPS) is 13.2. The van der Waals surface area contributed by atoms with E-state index in [2.05, 4.69) is 31.1 Å². The summed E-state index contributed by atoms with van der Waals surface area (Å²) in [6, 6.07) is 10.5. The summed E-state index contributed by atoms with van der Waals surface area (Å²) in [6.45, 7) is 0.00117. The molecule has 0 amide bonds. The summed E-state index contributed by atoms with van der Waals surface area (Å²) in [7, 11) is 0. The summed E-state index contributed by atoms with van der Waals surface area (Å²) in [5.41, 5.74) is 2.84. The average molecular weight is 384 g/mol. The number of halogens is 1. The van der Waals surface area contributed by atoms with Crippen LogP contribution in [0.15, 0.2) is 51.0 Å². The van der Waals surface area contributed by atoms with Crippen molar-refractivity contribution in [2.24, 2.45) is 10.2 Å². The standard InChI is InChI=1S/C17H10BrN3O3/c18-11-3-1-2-9-13(17(23)21-14(9)11)15-16(22)10-6-8(7-19-24)4-5-12(10)20-15/h1-6,21,23H,7H2. The van der Waals surface area contributed by atoms with E-state index in [-0.39, 0.29) is 23.9 Å². The van der Waals surface area contributed by atoms with Crippen molar-refractivity contribution in [3.8, 4) is 5.88 Å². The Labute approximate surface area is 144 Å². The molecule has 0 saturated carbocycles. The van der Waals surface area contributed by atoms with Crippen molar-refractivity contribution >= 4 is 44.0 Å². The molecule has 1 aliphatic rings. The number of carbonyl (C=O) groups excluding carboxylic acids is 1. The Morgan fingerprint density at radius 1 is 1.25 bits per heavy atom. The molecule has 3 aromatic rings. The van der Waals surface area contributed by atoms with Crippen molar-refractivity contribution in [3.05, 3.63) is 62.5 Å². The molecule has 0 bridgehead atoms. The molecule has 0 atom stereocenters. The first-order valence-electron chi connectivity index (χ1n) is 7.15. The fourth-order valence-electron chi connectivity index (χ4n) is 2.91. The zero-order valence-corrected chi connectivity index (χ0v) is 13.8. The number of ketones is 1. The molecular weight excluding hydrogens is 374 g/mol. The Morgan fingerprint density at radius 3 is 2.88 bits per heavy atom. The number of nitrogens with zero attached hydrogens (tertiary/aromatic N) is 2. The lowest BCUT2D eigenvalue weighted by Gasteiger charge is -2.00. The molecule has 24 heavy (non-hydrogen) atoms. The van der Waals surface area contributed by atoms with Gasteiger partial charge in [0.1, 0.15) is 12.3 Å². The number of para-hydroxylation sites is 1. The predicted octanol–water partition coefficient (Wildman–Crippen LogP) is 4.22. The first-order valence-corrected chi connectivity index (χ1v) is 7.94. The maximum Gasteiger partial charge on any atom is 0.214 e. The van der Waals surface area contributed by atoms with E-state index in [1.807, 2.05) is 18.2 Å². The molecule has 2 aromatic carbocycles. The van der Waals surface area contributed by atoms with Crippen molar-refractivity contribution in [1.82, 2.24) is 4.98 Å². The van der Waals surface area contributed by atoms with Crippen molar-refractivity contribution < 1.29 is 9.90 Å². The van der Waals surface area contributed by atoms with Gasteiger partial charge in [0.25, 0.3) is 0 Å². The lowest BCUT2D eigenvalue weighted by atomic mass is 10.0. The van der Waals surface area contributed by atoms with Crippen LogP contribution in [0.1, 0.15) is 21.5 Å². The summed E-state index contributed by atoms with van der Waals surface area (Å²) < 4.78 is 0.782. The van der Waals surface area contributed by atoms with Crippen LogP contribution in [0.3, 0.4) is 0 Å². The van der Waals surface area contributed by atoms with Crippen LogP contribution in [0.4, 0.5) is 5.69 Å². The van der Waals surface area contributed by atoms with Gasteiger partial charge in [-0.3, -0.25) is 4.79 Å². The number of aliphatic imine (C=N–C) groups is 1. The number of hydrogen-bond acceptors (Lipinski definition) is 5. The first kappa shape index (κ1) is 14.8. The highest BCUT2D eigenvalue weighted by molar-refractivity contribution is 9.10. The second kappa shape index (κ2) is 5.38. The van der Waals surface area contributed by atoms with Gasteiger partial charge < -0.3 is 10.1 Å². The molecule has 6 nitrogen and oxygen atoms in total. The Hall–Kier alpha value is -2.80. The van der Waals surface area contributed by atoms with Crippen LogP contribution in [0.5, 0.6) is 5.88 Å². The number of rotatable bonds is 3. The molecule has 1 aromatic heterocycles. The van der Waals surface area contributed by atoms with E-state index in [0.29, 0.717) is 33.3 Å². The van der Waals surface area contributed by atoms with E-state index in [9.17, 15) is 14.8 Å². The molecule has 2 heterocycles. The van der Waals surface area contributed by atoms with Gasteiger partial charge in [0.05, 0.1) is 22.3 Å². The third-order valence-corrected chi connectivity index (χ3v) is 4.66. The number of fused-ring (bicyclic) bond motifs is 2. The van der Waals surface area contributed by atoms with E-state index >= 15 is 0 Å². The number of Topliss-reactive ketones (excluding diaryl/α,β-unsaturated/α-hetero) is 1. The molecule has 7 heteroatoms. The van der Waals surface area contributed by atoms with E-state index in [0.717, 1.165) is 4.47 Å². The van der Waals surface area contributed by atoms with Gasteiger partial charge in [0, 0.05) is 9.86 Å². The van der Waals surface area contributed by atoms with E-state index in [1.54, 1.807) is 18.2 Å². The van der Waals surface area contributed by atoms with Crippen molar-refractivity contribution in [2.75, 3.05) is 0 Å². The largest absolute Gasteiger partial charge is 0.494 e. The number of aromatic nitrogens is 1. The average Bonchev–Trinajstić information content (AvgIpc) is 3.06. The van der Waals surface area contributed by atoms with Crippen LogP contribution in [-0.2, 0) is 6.54 Å². The summed E-state index contributed by atoms with van der Waals surface area (Å²) >= 11 is 3.42. The number of nitroso groups, excluding NO2 is 1. The van der Waals surface area contributed by atoms with Gasteiger partial charge in [0.2, 0.25) is 5.78 Å². The Morgan fingerprint density at radius 2 is 2.08 bits per heavy atom.